The zero-order valence-corrected chi connectivity index (χ0v) is 24.6. The standard InChI is InChI=1S/C40H22N2O2S/c1-2-9-23(10-3-1)40-41-37(25-18-19-28-27-11-4-6-14-31(27)44-34(28)21-25)39-38(42-40)30-20-17-24(22-35(30)45-39)26-13-8-16-33-36(26)29-12-5-7-15-32(29)43-33/h1-22H. The Hall–Kier alpha value is -5.78. The molecule has 0 unspecified atom stereocenters. The first-order valence-corrected chi connectivity index (χ1v) is 15.7. The molecule has 10 aromatic rings. The number of hydrogen-bond donors (Lipinski definition) is 0. The summed E-state index contributed by atoms with van der Waals surface area (Å²) in [6.45, 7) is 0. The number of rotatable bonds is 3. The summed E-state index contributed by atoms with van der Waals surface area (Å²) in [7, 11) is 0. The summed E-state index contributed by atoms with van der Waals surface area (Å²) < 4.78 is 14.7. The highest BCUT2D eigenvalue weighted by atomic mass is 32.1. The van der Waals surface area contributed by atoms with E-state index in [2.05, 4.69) is 78.9 Å². The van der Waals surface area contributed by atoms with E-state index in [0.29, 0.717) is 5.82 Å². The summed E-state index contributed by atoms with van der Waals surface area (Å²) in [6, 6.07) is 46.0. The van der Waals surface area contributed by atoms with Crippen molar-refractivity contribution in [2.45, 2.75) is 0 Å². The maximum absolute atomic E-state index is 6.28. The zero-order chi connectivity index (χ0) is 29.5. The third-order valence-corrected chi connectivity index (χ3v) is 9.86. The molecular formula is C40H22N2O2S. The number of aromatic nitrogens is 2. The van der Waals surface area contributed by atoms with Crippen molar-refractivity contribution in [3.05, 3.63) is 133 Å². The quantitative estimate of drug-likeness (QED) is 0.204. The lowest BCUT2D eigenvalue weighted by molar-refractivity contribution is 0.668. The minimum Gasteiger partial charge on any atom is -0.456 e. The molecule has 4 heterocycles. The van der Waals surface area contributed by atoms with E-state index in [1.54, 1.807) is 11.3 Å². The zero-order valence-electron chi connectivity index (χ0n) is 23.8. The van der Waals surface area contributed by atoms with E-state index in [1.807, 2.05) is 54.6 Å². The van der Waals surface area contributed by atoms with Crippen molar-refractivity contribution in [3.63, 3.8) is 0 Å². The van der Waals surface area contributed by atoms with Crippen molar-refractivity contribution in [2.75, 3.05) is 0 Å². The molecule has 0 saturated heterocycles. The van der Waals surface area contributed by atoms with Gasteiger partial charge in [0.05, 0.1) is 15.9 Å². The minimum atomic E-state index is 0.709. The van der Waals surface area contributed by atoms with Gasteiger partial charge >= 0.3 is 0 Å². The first kappa shape index (κ1) is 24.6. The lowest BCUT2D eigenvalue weighted by Gasteiger charge is -2.07. The Labute approximate surface area is 260 Å². The molecule has 4 aromatic heterocycles. The highest BCUT2D eigenvalue weighted by Gasteiger charge is 2.19. The second-order valence-electron chi connectivity index (χ2n) is 11.3. The number of thiophene rings is 1. The molecule has 0 saturated carbocycles. The number of benzene rings is 6. The minimum absolute atomic E-state index is 0.709. The van der Waals surface area contributed by atoms with Crippen LogP contribution in [0, 0.1) is 0 Å². The fraction of sp³-hybridized carbons (Fsp3) is 0. The summed E-state index contributed by atoms with van der Waals surface area (Å²) >= 11 is 1.74. The molecule has 5 heteroatoms. The van der Waals surface area contributed by atoms with Crippen molar-refractivity contribution < 1.29 is 8.83 Å². The van der Waals surface area contributed by atoms with Gasteiger partial charge in [-0.15, -0.1) is 11.3 Å². The van der Waals surface area contributed by atoms with E-state index in [9.17, 15) is 0 Å². The Morgan fingerprint density at radius 1 is 0.467 bits per heavy atom. The summed E-state index contributed by atoms with van der Waals surface area (Å²) in [5.41, 5.74) is 9.70. The molecule has 0 aliphatic carbocycles. The lowest BCUT2D eigenvalue weighted by Crippen LogP contribution is -1.93. The largest absolute Gasteiger partial charge is 0.456 e. The molecule has 0 N–H and O–H groups in total. The van der Waals surface area contributed by atoms with Crippen LogP contribution in [-0.4, -0.2) is 9.97 Å². The first-order chi connectivity index (χ1) is 22.3. The third-order valence-electron chi connectivity index (χ3n) is 8.71. The van der Waals surface area contributed by atoms with Gasteiger partial charge in [0.2, 0.25) is 0 Å². The van der Waals surface area contributed by atoms with Crippen molar-refractivity contribution >= 4 is 75.5 Å². The normalized spacial score (nSPS) is 12.0. The molecule has 0 atom stereocenters. The van der Waals surface area contributed by atoms with Gasteiger partial charge in [-0.2, -0.15) is 0 Å². The molecule has 210 valence electrons. The van der Waals surface area contributed by atoms with Crippen LogP contribution in [0.1, 0.15) is 0 Å². The topological polar surface area (TPSA) is 52.1 Å². The van der Waals surface area contributed by atoms with Gasteiger partial charge in [0, 0.05) is 42.8 Å². The molecule has 0 spiro atoms. The van der Waals surface area contributed by atoms with E-state index in [0.717, 1.165) is 92.1 Å². The number of furan rings is 2. The molecule has 45 heavy (non-hydrogen) atoms. The Morgan fingerprint density at radius 2 is 1.16 bits per heavy atom. The van der Waals surface area contributed by atoms with Crippen LogP contribution >= 0.6 is 11.3 Å². The van der Waals surface area contributed by atoms with Crippen LogP contribution < -0.4 is 0 Å². The predicted molar refractivity (Wildman–Crippen MR) is 186 cm³/mol. The number of fused-ring (bicyclic) bond motifs is 9. The average molecular weight is 595 g/mol. The van der Waals surface area contributed by atoms with Crippen LogP contribution in [0.5, 0.6) is 0 Å². The molecule has 10 rings (SSSR count). The maximum Gasteiger partial charge on any atom is 0.160 e. The smallest absolute Gasteiger partial charge is 0.160 e. The van der Waals surface area contributed by atoms with Crippen LogP contribution in [0.4, 0.5) is 0 Å². The summed E-state index contributed by atoms with van der Waals surface area (Å²) in [6.07, 6.45) is 0. The Balaban J connectivity index is 1.22. The van der Waals surface area contributed by atoms with Gasteiger partial charge in [-0.3, -0.25) is 0 Å². The molecule has 0 aliphatic rings. The lowest BCUT2D eigenvalue weighted by atomic mass is 9.99. The van der Waals surface area contributed by atoms with Crippen molar-refractivity contribution in [1.82, 2.24) is 9.97 Å². The molecular weight excluding hydrogens is 573 g/mol. The van der Waals surface area contributed by atoms with E-state index in [1.165, 1.54) is 0 Å². The summed E-state index contributed by atoms with van der Waals surface area (Å²) in [5.74, 6) is 0.709. The molecule has 6 aromatic carbocycles. The fourth-order valence-electron chi connectivity index (χ4n) is 6.61. The first-order valence-electron chi connectivity index (χ1n) is 14.9. The molecule has 0 aliphatic heterocycles. The predicted octanol–water partition coefficient (Wildman–Crippen LogP) is 11.6. The highest BCUT2D eigenvalue weighted by Crippen LogP contribution is 2.43. The molecule has 0 bridgehead atoms. The number of hydrogen-bond acceptors (Lipinski definition) is 5. The van der Waals surface area contributed by atoms with E-state index >= 15 is 0 Å². The van der Waals surface area contributed by atoms with Crippen molar-refractivity contribution in [3.8, 4) is 33.8 Å². The SMILES string of the molecule is c1ccc(-c2nc(-c3ccc4c(c3)oc3ccccc34)c3sc4cc(-c5cccc6oc7ccccc7c56)ccc4c3n2)cc1. The van der Waals surface area contributed by atoms with Crippen LogP contribution in [0.3, 0.4) is 0 Å². The molecule has 0 amide bonds. The van der Waals surface area contributed by atoms with Crippen LogP contribution in [-0.2, 0) is 0 Å². The van der Waals surface area contributed by atoms with Crippen LogP contribution in [0.2, 0.25) is 0 Å². The maximum atomic E-state index is 6.28. The summed E-state index contributed by atoms with van der Waals surface area (Å²) in [5, 5.41) is 5.60. The Kier molecular flexibility index (Phi) is 5.12. The highest BCUT2D eigenvalue weighted by molar-refractivity contribution is 7.26. The Morgan fingerprint density at radius 3 is 2.04 bits per heavy atom. The molecule has 0 fully saturated rings. The second-order valence-corrected chi connectivity index (χ2v) is 12.4. The average Bonchev–Trinajstić information content (AvgIpc) is 3.78. The van der Waals surface area contributed by atoms with Crippen LogP contribution in [0.25, 0.3) is 98.0 Å². The number of para-hydroxylation sites is 2. The van der Waals surface area contributed by atoms with Crippen molar-refractivity contribution in [2.24, 2.45) is 0 Å². The van der Waals surface area contributed by atoms with Gasteiger partial charge in [0.1, 0.15) is 22.3 Å². The van der Waals surface area contributed by atoms with E-state index in [4.69, 9.17) is 18.8 Å². The van der Waals surface area contributed by atoms with E-state index in [-0.39, 0.29) is 0 Å². The van der Waals surface area contributed by atoms with Crippen LogP contribution in [0.15, 0.2) is 142 Å². The summed E-state index contributed by atoms with van der Waals surface area (Å²) in [4.78, 5) is 10.4. The van der Waals surface area contributed by atoms with Gasteiger partial charge in [-0.05, 0) is 47.5 Å². The third kappa shape index (κ3) is 3.71. The number of nitrogens with zero attached hydrogens (tertiary/aromatic N) is 2. The molecule has 4 nitrogen and oxygen atoms in total. The fourth-order valence-corrected chi connectivity index (χ4v) is 7.80. The van der Waals surface area contributed by atoms with Crippen molar-refractivity contribution in [1.29, 1.82) is 0 Å². The van der Waals surface area contributed by atoms with Gasteiger partial charge in [0.25, 0.3) is 0 Å². The van der Waals surface area contributed by atoms with Gasteiger partial charge in [-0.25, -0.2) is 9.97 Å². The monoisotopic (exact) mass is 594 g/mol. The second kappa shape index (κ2) is 9.36. The van der Waals surface area contributed by atoms with E-state index < -0.39 is 0 Å². The van der Waals surface area contributed by atoms with Gasteiger partial charge in [-0.1, -0.05) is 97.1 Å². The molecule has 0 radical (unpaired) electrons. The van der Waals surface area contributed by atoms with Gasteiger partial charge < -0.3 is 8.83 Å². The Bertz CT molecular complexity index is 2770. The van der Waals surface area contributed by atoms with Gasteiger partial charge in [0.15, 0.2) is 5.82 Å².